The lowest BCUT2D eigenvalue weighted by Gasteiger charge is -2.37. The monoisotopic (exact) mass is 508 g/mol. The maximum atomic E-state index is 12.5. The number of methoxy groups -OCH3 is 2. The minimum Gasteiger partial charge on any atom is -0.493 e. The second kappa shape index (κ2) is 10.3. The van der Waals surface area contributed by atoms with Crippen molar-refractivity contribution in [1.29, 1.82) is 0 Å². The molecule has 0 bridgehead atoms. The SMILES string of the molecule is COc1ccc(-c2c(C(C)C)c3cc(C4CCN(C(=O)OC(C)(C)C)CC4O)ccc3n2C)cc1OC. The van der Waals surface area contributed by atoms with Crippen molar-refractivity contribution in [1.82, 2.24) is 9.47 Å². The number of carbonyl (C=O) groups excluding carboxylic acids is 1. The third-order valence-electron chi connectivity index (χ3n) is 7.16. The summed E-state index contributed by atoms with van der Waals surface area (Å²) in [6.07, 6.45) is -0.349. The number of aryl methyl sites for hydroxylation is 1. The van der Waals surface area contributed by atoms with Crippen molar-refractivity contribution >= 4 is 17.0 Å². The summed E-state index contributed by atoms with van der Waals surface area (Å²) in [5.74, 6) is 1.62. The van der Waals surface area contributed by atoms with E-state index in [1.54, 1.807) is 19.1 Å². The van der Waals surface area contributed by atoms with Gasteiger partial charge in [0.25, 0.3) is 0 Å². The highest BCUT2D eigenvalue weighted by atomic mass is 16.6. The first-order chi connectivity index (χ1) is 17.4. The highest BCUT2D eigenvalue weighted by molar-refractivity contribution is 5.93. The Kier molecular flexibility index (Phi) is 7.47. The molecule has 2 aromatic carbocycles. The molecule has 0 radical (unpaired) electrons. The van der Waals surface area contributed by atoms with Crippen LogP contribution < -0.4 is 9.47 Å². The van der Waals surface area contributed by atoms with Crippen LogP contribution in [-0.4, -0.2) is 59.7 Å². The lowest BCUT2D eigenvalue weighted by Crippen LogP contribution is -2.47. The molecule has 3 aromatic rings. The molecule has 2 unspecified atom stereocenters. The number of rotatable bonds is 5. The maximum absolute atomic E-state index is 12.5. The van der Waals surface area contributed by atoms with Crippen LogP contribution in [0.5, 0.6) is 11.5 Å². The van der Waals surface area contributed by atoms with E-state index in [0.29, 0.717) is 24.5 Å². The van der Waals surface area contributed by atoms with Crippen molar-refractivity contribution < 1.29 is 24.1 Å². The second-order valence-corrected chi connectivity index (χ2v) is 11.2. The molecule has 1 saturated heterocycles. The fourth-order valence-electron chi connectivity index (χ4n) is 5.45. The molecule has 1 aromatic heterocycles. The van der Waals surface area contributed by atoms with Crippen molar-refractivity contribution in [3.8, 4) is 22.8 Å². The van der Waals surface area contributed by atoms with Gasteiger partial charge in [0, 0.05) is 36.0 Å². The molecule has 1 amide bonds. The molecule has 0 aliphatic carbocycles. The quantitative estimate of drug-likeness (QED) is 0.453. The van der Waals surface area contributed by atoms with E-state index in [1.807, 2.05) is 32.9 Å². The van der Waals surface area contributed by atoms with Crippen LogP contribution in [0, 0.1) is 0 Å². The van der Waals surface area contributed by atoms with E-state index in [-0.39, 0.29) is 24.5 Å². The van der Waals surface area contributed by atoms with Gasteiger partial charge in [0.15, 0.2) is 11.5 Å². The zero-order valence-electron chi connectivity index (χ0n) is 23.3. The number of hydrogen-bond acceptors (Lipinski definition) is 5. The van der Waals surface area contributed by atoms with Gasteiger partial charge in [-0.3, -0.25) is 0 Å². The van der Waals surface area contributed by atoms with Gasteiger partial charge in [-0.05, 0) is 74.6 Å². The van der Waals surface area contributed by atoms with Crippen LogP contribution in [0.25, 0.3) is 22.2 Å². The highest BCUT2D eigenvalue weighted by Gasteiger charge is 2.34. The summed E-state index contributed by atoms with van der Waals surface area (Å²) in [4.78, 5) is 14.1. The molecule has 7 heteroatoms. The van der Waals surface area contributed by atoms with Gasteiger partial charge in [-0.25, -0.2) is 4.79 Å². The highest BCUT2D eigenvalue weighted by Crippen LogP contribution is 2.42. The predicted octanol–water partition coefficient (Wildman–Crippen LogP) is 6.07. The van der Waals surface area contributed by atoms with Crippen molar-refractivity contribution in [2.45, 2.75) is 64.6 Å². The minimum absolute atomic E-state index is 0.0483. The van der Waals surface area contributed by atoms with Crippen LogP contribution in [0.3, 0.4) is 0 Å². The van der Waals surface area contributed by atoms with Gasteiger partial charge in [0.05, 0.1) is 32.6 Å². The molecular weight excluding hydrogens is 468 g/mol. The molecule has 2 atom stereocenters. The fourth-order valence-corrected chi connectivity index (χ4v) is 5.45. The van der Waals surface area contributed by atoms with E-state index >= 15 is 0 Å². The molecule has 2 heterocycles. The lowest BCUT2D eigenvalue weighted by molar-refractivity contribution is -0.00151. The van der Waals surface area contributed by atoms with E-state index in [2.05, 4.69) is 49.7 Å². The van der Waals surface area contributed by atoms with Crippen LogP contribution in [0.15, 0.2) is 36.4 Å². The number of β-amino-alcohol motifs (C(OH)–C–C–N with tert-alkyl or cyclic N) is 1. The molecule has 7 nitrogen and oxygen atoms in total. The molecule has 0 saturated carbocycles. The number of aliphatic hydroxyl groups excluding tert-OH is 1. The number of benzene rings is 2. The van der Waals surface area contributed by atoms with Gasteiger partial charge in [-0.1, -0.05) is 19.9 Å². The zero-order valence-corrected chi connectivity index (χ0v) is 23.3. The molecule has 200 valence electrons. The second-order valence-electron chi connectivity index (χ2n) is 11.2. The molecule has 4 rings (SSSR count). The molecule has 1 fully saturated rings. The van der Waals surface area contributed by atoms with Crippen molar-refractivity contribution in [3.05, 3.63) is 47.5 Å². The molecule has 37 heavy (non-hydrogen) atoms. The summed E-state index contributed by atoms with van der Waals surface area (Å²) >= 11 is 0. The van der Waals surface area contributed by atoms with Crippen molar-refractivity contribution in [3.63, 3.8) is 0 Å². The van der Waals surface area contributed by atoms with Crippen LogP contribution in [0.4, 0.5) is 4.79 Å². The van der Waals surface area contributed by atoms with E-state index < -0.39 is 11.7 Å². The molecular formula is C30H40N2O5. The topological polar surface area (TPSA) is 73.2 Å². The molecule has 1 aliphatic heterocycles. The zero-order chi connectivity index (χ0) is 27.1. The lowest BCUT2D eigenvalue weighted by atomic mass is 9.85. The Morgan fingerprint density at radius 2 is 1.76 bits per heavy atom. The van der Waals surface area contributed by atoms with Crippen LogP contribution in [0.2, 0.25) is 0 Å². The smallest absolute Gasteiger partial charge is 0.410 e. The molecule has 1 N–H and O–H groups in total. The van der Waals surface area contributed by atoms with Crippen molar-refractivity contribution in [2.24, 2.45) is 7.05 Å². The van der Waals surface area contributed by atoms with Gasteiger partial charge in [0.1, 0.15) is 5.60 Å². The Bertz CT molecular complexity index is 1290. The Morgan fingerprint density at radius 3 is 2.35 bits per heavy atom. The number of carbonyl (C=O) groups is 1. The Balaban J connectivity index is 1.70. The number of nitrogens with zero attached hydrogens (tertiary/aromatic N) is 2. The van der Waals surface area contributed by atoms with Crippen LogP contribution >= 0.6 is 0 Å². The fraction of sp³-hybridized carbons (Fsp3) is 0.500. The van der Waals surface area contributed by atoms with E-state index in [9.17, 15) is 9.90 Å². The average molecular weight is 509 g/mol. The first kappa shape index (κ1) is 26.9. The first-order valence-corrected chi connectivity index (χ1v) is 13.0. The number of amides is 1. The number of hydrogen-bond donors (Lipinski definition) is 1. The minimum atomic E-state index is -0.657. The predicted molar refractivity (Wildman–Crippen MR) is 147 cm³/mol. The van der Waals surface area contributed by atoms with E-state index in [1.165, 1.54) is 10.9 Å². The Morgan fingerprint density at radius 1 is 1.05 bits per heavy atom. The number of aromatic nitrogens is 1. The number of aliphatic hydroxyl groups is 1. The number of piperidine rings is 1. The van der Waals surface area contributed by atoms with Gasteiger partial charge < -0.3 is 28.8 Å². The normalized spacial score (nSPS) is 18.4. The summed E-state index contributed by atoms with van der Waals surface area (Å²) in [7, 11) is 5.38. The summed E-state index contributed by atoms with van der Waals surface area (Å²) in [6, 6.07) is 12.5. The van der Waals surface area contributed by atoms with Gasteiger partial charge in [-0.15, -0.1) is 0 Å². The number of fused-ring (bicyclic) bond motifs is 1. The summed E-state index contributed by atoms with van der Waals surface area (Å²) in [6.45, 7) is 10.8. The number of likely N-dealkylation sites (tertiary alicyclic amines) is 1. The maximum Gasteiger partial charge on any atom is 0.410 e. The third-order valence-corrected chi connectivity index (χ3v) is 7.16. The first-order valence-electron chi connectivity index (χ1n) is 13.0. The Hall–Kier alpha value is -3.19. The van der Waals surface area contributed by atoms with Crippen LogP contribution in [-0.2, 0) is 11.8 Å². The van der Waals surface area contributed by atoms with Crippen molar-refractivity contribution in [2.75, 3.05) is 27.3 Å². The van der Waals surface area contributed by atoms with E-state index in [0.717, 1.165) is 22.3 Å². The van der Waals surface area contributed by atoms with Gasteiger partial charge in [-0.2, -0.15) is 0 Å². The summed E-state index contributed by atoms with van der Waals surface area (Å²) < 4.78 is 18.8. The third kappa shape index (κ3) is 5.28. The molecule has 1 aliphatic rings. The van der Waals surface area contributed by atoms with E-state index in [4.69, 9.17) is 14.2 Å². The van der Waals surface area contributed by atoms with Gasteiger partial charge >= 0.3 is 6.09 Å². The largest absolute Gasteiger partial charge is 0.493 e. The standard InChI is InChI=1S/C30H40N2O5/c1-18(2)27-22-15-19(21-13-14-32(17-24(21)33)29(34)37-30(3,4)5)9-11-23(22)31(6)28(27)20-10-12-25(35-7)26(16-20)36-8/h9-12,15-16,18,21,24,33H,13-14,17H2,1-8H3. The summed E-state index contributed by atoms with van der Waals surface area (Å²) in [5.41, 5.74) is 5.13. The number of ether oxygens (including phenoxy) is 3. The van der Waals surface area contributed by atoms with Gasteiger partial charge in [0.2, 0.25) is 0 Å². The summed E-state index contributed by atoms with van der Waals surface area (Å²) in [5, 5.41) is 12.2. The average Bonchev–Trinajstić information content (AvgIpc) is 3.14. The molecule has 0 spiro atoms. The van der Waals surface area contributed by atoms with Crippen LogP contribution in [0.1, 0.15) is 64.0 Å². The Labute approximate surface area is 219 Å².